The Hall–Kier alpha value is -3.86. The lowest BCUT2D eigenvalue weighted by Crippen LogP contribution is -2.33. The van der Waals surface area contributed by atoms with E-state index in [9.17, 15) is 9.59 Å². The van der Waals surface area contributed by atoms with E-state index in [4.69, 9.17) is 4.74 Å². The summed E-state index contributed by atoms with van der Waals surface area (Å²) in [6.45, 7) is 8.38. The van der Waals surface area contributed by atoms with Crippen molar-refractivity contribution in [2.75, 3.05) is 16.8 Å². The monoisotopic (exact) mass is 426 g/mol. The van der Waals surface area contributed by atoms with Gasteiger partial charge >= 0.3 is 0 Å². The van der Waals surface area contributed by atoms with E-state index in [1.165, 1.54) is 4.90 Å². The summed E-state index contributed by atoms with van der Waals surface area (Å²) in [6, 6.07) is 20.7. The van der Waals surface area contributed by atoms with Crippen LogP contribution in [0.5, 0.6) is 5.75 Å². The summed E-state index contributed by atoms with van der Waals surface area (Å²) in [5, 5.41) is 3.20. The normalized spacial score (nSPS) is 13.7. The number of benzene rings is 3. The molecule has 0 aliphatic carbocycles. The third-order valence-corrected chi connectivity index (χ3v) is 5.45. The number of hydrogen-bond acceptors (Lipinski definition) is 4. The number of nitrogens with zero attached hydrogens (tertiary/aromatic N) is 1. The van der Waals surface area contributed by atoms with Crippen molar-refractivity contribution >= 4 is 28.8 Å². The molecule has 3 aromatic rings. The lowest BCUT2D eigenvalue weighted by Gasteiger charge is -2.18. The van der Waals surface area contributed by atoms with Gasteiger partial charge in [0.15, 0.2) is 0 Å². The zero-order valence-corrected chi connectivity index (χ0v) is 18.7. The van der Waals surface area contributed by atoms with Crippen molar-refractivity contribution in [3.8, 4) is 5.75 Å². The van der Waals surface area contributed by atoms with Gasteiger partial charge in [0.05, 0.1) is 17.9 Å². The minimum atomic E-state index is -0.369. The quantitative estimate of drug-likeness (QED) is 0.536. The van der Waals surface area contributed by atoms with Gasteiger partial charge in [0, 0.05) is 5.69 Å². The highest BCUT2D eigenvalue weighted by atomic mass is 16.5. The Morgan fingerprint density at radius 3 is 2.09 bits per heavy atom. The van der Waals surface area contributed by atoms with Crippen LogP contribution in [0.15, 0.2) is 72.4 Å². The van der Waals surface area contributed by atoms with Gasteiger partial charge in [-0.2, -0.15) is 0 Å². The zero-order valence-electron chi connectivity index (χ0n) is 18.7. The number of carbonyl (C=O) groups excluding carboxylic acids is 2. The summed E-state index contributed by atoms with van der Waals surface area (Å²) >= 11 is 0. The Bertz CT molecular complexity index is 1210. The minimum Gasteiger partial charge on any atom is -0.494 e. The zero-order chi connectivity index (χ0) is 22.8. The van der Waals surface area contributed by atoms with Crippen LogP contribution < -0.4 is 15.0 Å². The van der Waals surface area contributed by atoms with Crippen molar-refractivity contribution < 1.29 is 14.3 Å². The number of anilines is 2. The van der Waals surface area contributed by atoms with E-state index in [0.29, 0.717) is 29.1 Å². The molecule has 1 heterocycles. The van der Waals surface area contributed by atoms with Crippen molar-refractivity contribution in [1.82, 2.24) is 0 Å². The first-order valence-electron chi connectivity index (χ1n) is 10.7. The molecule has 0 radical (unpaired) electrons. The maximum Gasteiger partial charge on any atom is 0.282 e. The molecule has 0 aromatic heterocycles. The molecule has 0 saturated carbocycles. The van der Waals surface area contributed by atoms with Crippen LogP contribution in [-0.4, -0.2) is 18.4 Å². The van der Waals surface area contributed by atoms with Crippen molar-refractivity contribution in [3.63, 3.8) is 0 Å². The summed E-state index contributed by atoms with van der Waals surface area (Å²) in [6.07, 6.45) is 0. The largest absolute Gasteiger partial charge is 0.494 e. The highest BCUT2D eigenvalue weighted by molar-refractivity contribution is 6.46. The van der Waals surface area contributed by atoms with Crippen molar-refractivity contribution in [3.05, 3.63) is 94.7 Å². The molecule has 1 aliphatic rings. The topological polar surface area (TPSA) is 58.6 Å². The number of carbonyl (C=O) groups is 2. The molecule has 0 bridgehead atoms. The van der Waals surface area contributed by atoms with E-state index < -0.39 is 0 Å². The number of hydrogen-bond donors (Lipinski definition) is 1. The lowest BCUT2D eigenvalue weighted by atomic mass is 10.0. The highest BCUT2D eigenvalue weighted by Crippen LogP contribution is 2.35. The Morgan fingerprint density at radius 2 is 1.47 bits per heavy atom. The summed E-state index contributed by atoms with van der Waals surface area (Å²) in [5.41, 5.74) is 5.66. The molecule has 2 amide bonds. The first-order valence-corrected chi connectivity index (χ1v) is 10.7. The number of imide groups is 1. The molecule has 0 fully saturated rings. The standard InChI is InChI=1S/C27H26N2O3/c1-5-32-22-13-11-21(12-14-22)28-25-24(20-9-6-17(2)7-10-20)26(30)29(27(25)31)23-15-8-18(3)16-19(23)4/h6-16,28H,5H2,1-4H3. The first kappa shape index (κ1) is 21.4. The fraction of sp³-hybridized carbons (Fsp3) is 0.185. The van der Waals surface area contributed by atoms with Crippen LogP contribution in [0.25, 0.3) is 5.57 Å². The number of nitrogens with one attached hydrogen (secondary N) is 1. The van der Waals surface area contributed by atoms with E-state index in [1.54, 1.807) is 0 Å². The van der Waals surface area contributed by atoms with Crippen LogP contribution >= 0.6 is 0 Å². The van der Waals surface area contributed by atoms with Crippen LogP contribution in [0.3, 0.4) is 0 Å². The number of ether oxygens (including phenoxy) is 1. The van der Waals surface area contributed by atoms with E-state index in [-0.39, 0.29) is 17.5 Å². The smallest absolute Gasteiger partial charge is 0.282 e. The van der Waals surface area contributed by atoms with Crippen LogP contribution in [0.4, 0.5) is 11.4 Å². The van der Waals surface area contributed by atoms with Gasteiger partial charge in [0.1, 0.15) is 11.4 Å². The third-order valence-electron chi connectivity index (χ3n) is 5.45. The summed E-state index contributed by atoms with van der Waals surface area (Å²) in [7, 11) is 0. The molecule has 1 aliphatic heterocycles. The predicted molar refractivity (Wildman–Crippen MR) is 128 cm³/mol. The second-order valence-electron chi connectivity index (χ2n) is 7.93. The van der Waals surface area contributed by atoms with Gasteiger partial charge in [-0.3, -0.25) is 9.59 Å². The van der Waals surface area contributed by atoms with E-state index in [1.807, 2.05) is 94.4 Å². The highest BCUT2D eigenvalue weighted by Gasteiger charge is 2.40. The van der Waals surface area contributed by atoms with Gasteiger partial charge < -0.3 is 10.1 Å². The van der Waals surface area contributed by atoms with E-state index in [2.05, 4.69) is 5.32 Å². The Balaban J connectivity index is 1.78. The maximum absolute atomic E-state index is 13.6. The number of amides is 2. The lowest BCUT2D eigenvalue weighted by molar-refractivity contribution is -0.120. The third kappa shape index (κ3) is 4.02. The molecule has 5 nitrogen and oxygen atoms in total. The second kappa shape index (κ2) is 8.71. The fourth-order valence-corrected chi connectivity index (χ4v) is 3.85. The molecule has 162 valence electrons. The van der Waals surface area contributed by atoms with Crippen molar-refractivity contribution in [1.29, 1.82) is 0 Å². The molecule has 5 heteroatoms. The molecule has 3 aromatic carbocycles. The Kier molecular flexibility index (Phi) is 5.82. The molecular weight excluding hydrogens is 400 g/mol. The molecule has 0 spiro atoms. The summed E-state index contributed by atoms with van der Waals surface area (Å²) < 4.78 is 5.50. The maximum atomic E-state index is 13.6. The van der Waals surface area contributed by atoms with Gasteiger partial charge in [-0.1, -0.05) is 47.5 Å². The summed E-state index contributed by atoms with van der Waals surface area (Å²) in [4.78, 5) is 28.4. The summed E-state index contributed by atoms with van der Waals surface area (Å²) in [5.74, 6) is 0.0437. The van der Waals surface area contributed by atoms with Gasteiger partial charge in [-0.25, -0.2) is 4.90 Å². The molecule has 0 unspecified atom stereocenters. The van der Waals surface area contributed by atoms with Crippen molar-refractivity contribution in [2.45, 2.75) is 27.7 Å². The first-order chi connectivity index (χ1) is 15.4. The molecule has 32 heavy (non-hydrogen) atoms. The molecular formula is C27H26N2O3. The number of aryl methyl sites for hydroxylation is 3. The van der Waals surface area contributed by atoms with Crippen LogP contribution in [-0.2, 0) is 9.59 Å². The Labute approximate surface area is 188 Å². The van der Waals surface area contributed by atoms with E-state index in [0.717, 1.165) is 22.4 Å². The average Bonchev–Trinajstić information content (AvgIpc) is 3.00. The second-order valence-corrected chi connectivity index (χ2v) is 7.93. The van der Waals surface area contributed by atoms with Gasteiger partial charge in [-0.05, 0) is 69.2 Å². The van der Waals surface area contributed by atoms with E-state index >= 15 is 0 Å². The Morgan fingerprint density at radius 1 is 0.812 bits per heavy atom. The fourth-order valence-electron chi connectivity index (χ4n) is 3.85. The average molecular weight is 427 g/mol. The van der Waals surface area contributed by atoms with Crippen LogP contribution in [0, 0.1) is 20.8 Å². The van der Waals surface area contributed by atoms with Gasteiger partial charge in [0.25, 0.3) is 11.8 Å². The number of rotatable bonds is 6. The predicted octanol–water partition coefficient (Wildman–Crippen LogP) is 5.41. The van der Waals surface area contributed by atoms with Gasteiger partial charge in [0.2, 0.25) is 0 Å². The van der Waals surface area contributed by atoms with Gasteiger partial charge in [-0.15, -0.1) is 0 Å². The SMILES string of the molecule is CCOc1ccc(NC2=C(c3ccc(C)cc3)C(=O)N(c3ccc(C)cc3C)C2=O)cc1. The molecule has 4 rings (SSSR count). The van der Waals surface area contributed by atoms with Crippen LogP contribution in [0.2, 0.25) is 0 Å². The molecule has 0 atom stereocenters. The minimum absolute atomic E-state index is 0.267. The molecule has 0 saturated heterocycles. The van der Waals surface area contributed by atoms with Crippen molar-refractivity contribution in [2.24, 2.45) is 0 Å². The molecule has 1 N–H and O–H groups in total. The van der Waals surface area contributed by atoms with Crippen LogP contribution in [0.1, 0.15) is 29.2 Å².